The zero-order valence-corrected chi connectivity index (χ0v) is 13.8. The van der Waals surface area contributed by atoms with Crippen LogP contribution in [0.5, 0.6) is 0 Å². The van der Waals surface area contributed by atoms with Crippen LogP contribution in [-0.4, -0.2) is 9.97 Å². The van der Waals surface area contributed by atoms with E-state index in [4.69, 9.17) is 11.6 Å². The minimum atomic E-state index is -0.463. The zero-order chi connectivity index (χ0) is 16.9. The highest BCUT2D eigenvalue weighted by molar-refractivity contribution is 6.31. The standard InChI is InChI=1S/C18H16ClFN4/c1-12(13-5-3-2-4-6-13)22-17-9-10-21-18(24-17)23-14-7-8-16(20)15(19)11-14/h2-12H,1H3,(H2,21,22,23,24). The Bertz CT molecular complexity index is 826. The molecule has 1 aromatic heterocycles. The number of hydrogen-bond acceptors (Lipinski definition) is 4. The van der Waals surface area contributed by atoms with Crippen LogP contribution in [-0.2, 0) is 0 Å². The van der Waals surface area contributed by atoms with Gasteiger partial charge in [0.2, 0.25) is 5.95 Å². The molecule has 0 aliphatic carbocycles. The molecule has 0 saturated heterocycles. The Kier molecular flexibility index (Phi) is 4.91. The molecule has 1 heterocycles. The van der Waals surface area contributed by atoms with Gasteiger partial charge in [-0.25, -0.2) is 9.37 Å². The van der Waals surface area contributed by atoms with Gasteiger partial charge >= 0.3 is 0 Å². The van der Waals surface area contributed by atoms with Crippen LogP contribution in [0.4, 0.5) is 21.8 Å². The molecule has 2 aromatic carbocycles. The Balaban J connectivity index is 1.73. The van der Waals surface area contributed by atoms with Crippen molar-refractivity contribution in [3.05, 3.63) is 77.2 Å². The average molecular weight is 343 g/mol. The fourth-order valence-corrected chi connectivity index (χ4v) is 2.43. The van der Waals surface area contributed by atoms with E-state index < -0.39 is 5.82 Å². The van der Waals surface area contributed by atoms with E-state index in [-0.39, 0.29) is 11.1 Å². The van der Waals surface area contributed by atoms with E-state index in [2.05, 4.69) is 39.7 Å². The van der Waals surface area contributed by atoms with Gasteiger partial charge in [0.25, 0.3) is 0 Å². The van der Waals surface area contributed by atoms with E-state index >= 15 is 0 Å². The molecule has 1 atom stereocenters. The summed E-state index contributed by atoms with van der Waals surface area (Å²) >= 11 is 5.78. The molecule has 0 fully saturated rings. The SMILES string of the molecule is CC(Nc1ccnc(Nc2ccc(F)c(Cl)c2)n1)c1ccccc1. The van der Waals surface area contributed by atoms with Gasteiger partial charge in [-0.05, 0) is 36.8 Å². The molecule has 0 saturated carbocycles. The maximum atomic E-state index is 13.2. The van der Waals surface area contributed by atoms with Crippen molar-refractivity contribution in [1.82, 2.24) is 9.97 Å². The number of nitrogens with one attached hydrogen (secondary N) is 2. The Morgan fingerprint density at radius 2 is 1.88 bits per heavy atom. The van der Waals surface area contributed by atoms with Crippen LogP contribution in [0.1, 0.15) is 18.5 Å². The van der Waals surface area contributed by atoms with Gasteiger partial charge in [-0.3, -0.25) is 0 Å². The minimum Gasteiger partial charge on any atom is -0.363 e. The quantitative estimate of drug-likeness (QED) is 0.670. The van der Waals surface area contributed by atoms with Crippen LogP contribution in [0.25, 0.3) is 0 Å². The van der Waals surface area contributed by atoms with Gasteiger partial charge in [-0.1, -0.05) is 41.9 Å². The van der Waals surface area contributed by atoms with Gasteiger partial charge in [0, 0.05) is 17.9 Å². The summed E-state index contributed by atoms with van der Waals surface area (Å²) in [6, 6.07) is 16.4. The number of halogens is 2. The molecule has 0 spiro atoms. The lowest BCUT2D eigenvalue weighted by Crippen LogP contribution is -2.09. The summed E-state index contributed by atoms with van der Waals surface area (Å²) in [6.07, 6.45) is 1.65. The lowest BCUT2D eigenvalue weighted by atomic mass is 10.1. The Labute approximate surface area is 144 Å². The molecule has 24 heavy (non-hydrogen) atoms. The molecule has 0 aliphatic heterocycles. The maximum Gasteiger partial charge on any atom is 0.229 e. The van der Waals surface area contributed by atoms with Crippen LogP contribution in [0.2, 0.25) is 5.02 Å². The second-order valence-electron chi connectivity index (χ2n) is 5.30. The molecule has 2 N–H and O–H groups in total. The number of hydrogen-bond donors (Lipinski definition) is 2. The third-order valence-electron chi connectivity index (χ3n) is 3.50. The van der Waals surface area contributed by atoms with Crippen LogP contribution >= 0.6 is 11.6 Å². The summed E-state index contributed by atoms with van der Waals surface area (Å²) in [4.78, 5) is 8.58. The highest BCUT2D eigenvalue weighted by Crippen LogP contribution is 2.22. The van der Waals surface area contributed by atoms with Gasteiger partial charge in [0.05, 0.1) is 5.02 Å². The lowest BCUT2D eigenvalue weighted by Gasteiger charge is -2.15. The van der Waals surface area contributed by atoms with Crippen molar-refractivity contribution in [3.8, 4) is 0 Å². The minimum absolute atomic E-state index is 0.0481. The van der Waals surface area contributed by atoms with Crippen molar-refractivity contribution in [2.24, 2.45) is 0 Å². The predicted octanol–water partition coefficient (Wildman–Crippen LogP) is 5.19. The molecular weight excluding hydrogens is 327 g/mol. The van der Waals surface area contributed by atoms with Crippen molar-refractivity contribution in [1.29, 1.82) is 0 Å². The van der Waals surface area contributed by atoms with Crippen LogP contribution in [0, 0.1) is 5.82 Å². The van der Waals surface area contributed by atoms with Gasteiger partial charge < -0.3 is 10.6 Å². The van der Waals surface area contributed by atoms with E-state index in [1.165, 1.54) is 12.1 Å². The van der Waals surface area contributed by atoms with E-state index in [0.29, 0.717) is 17.5 Å². The maximum absolute atomic E-state index is 13.2. The first-order valence-corrected chi connectivity index (χ1v) is 7.86. The Morgan fingerprint density at radius 3 is 2.62 bits per heavy atom. The Hall–Kier alpha value is -2.66. The first-order valence-electron chi connectivity index (χ1n) is 7.48. The molecule has 3 aromatic rings. The summed E-state index contributed by atoms with van der Waals surface area (Å²) in [7, 11) is 0. The number of nitrogens with zero attached hydrogens (tertiary/aromatic N) is 2. The normalized spacial score (nSPS) is 11.8. The largest absolute Gasteiger partial charge is 0.363 e. The zero-order valence-electron chi connectivity index (χ0n) is 13.0. The summed E-state index contributed by atoms with van der Waals surface area (Å²) in [5.74, 6) is 0.634. The molecular formula is C18H16ClFN4. The van der Waals surface area contributed by atoms with Crippen molar-refractivity contribution < 1.29 is 4.39 Å². The third-order valence-corrected chi connectivity index (χ3v) is 3.78. The summed E-state index contributed by atoms with van der Waals surface area (Å²) < 4.78 is 13.2. The van der Waals surface area contributed by atoms with Crippen molar-refractivity contribution in [3.63, 3.8) is 0 Å². The van der Waals surface area contributed by atoms with Gasteiger partial charge in [-0.15, -0.1) is 0 Å². The molecule has 0 amide bonds. The number of benzene rings is 2. The molecule has 0 radical (unpaired) electrons. The molecule has 4 nitrogen and oxygen atoms in total. The van der Waals surface area contributed by atoms with Crippen LogP contribution in [0.3, 0.4) is 0 Å². The van der Waals surface area contributed by atoms with Gasteiger partial charge in [-0.2, -0.15) is 4.98 Å². The van der Waals surface area contributed by atoms with E-state index in [0.717, 1.165) is 5.56 Å². The monoisotopic (exact) mass is 342 g/mol. The molecule has 0 bridgehead atoms. The Morgan fingerprint density at radius 1 is 1.08 bits per heavy atom. The smallest absolute Gasteiger partial charge is 0.229 e. The topological polar surface area (TPSA) is 49.8 Å². The van der Waals surface area contributed by atoms with E-state index in [1.54, 1.807) is 18.3 Å². The number of aromatic nitrogens is 2. The molecule has 122 valence electrons. The second-order valence-corrected chi connectivity index (χ2v) is 5.70. The van der Waals surface area contributed by atoms with Crippen molar-refractivity contribution >= 4 is 29.1 Å². The van der Waals surface area contributed by atoms with Crippen molar-refractivity contribution in [2.45, 2.75) is 13.0 Å². The van der Waals surface area contributed by atoms with Gasteiger partial charge in [0.15, 0.2) is 0 Å². The fourth-order valence-electron chi connectivity index (χ4n) is 2.25. The molecule has 3 rings (SSSR count). The second kappa shape index (κ2) is 7.27. The van der Waals surface area contributed by atoms with E-state index in [1.807, 2.05) is 18.2 Å². The van der Waals surface area contributed by atoms with Gasteiger partial charge in [0.1, 0.15) is 11.6 Å². The summed E-state index contributed by atoms with van der Waals surface area (Å²) in [5.41, 5.74) is 1.78. The highest BCUT2D eigenvalue weighted by Gasteiger charge is 2.07. The summed E-state index contributed by atoms with van der Waals surface area (Å²) in [6.45, 7) is 2.06. The van der Waals surface area contributed by atoms with E-state index in [9.17, 15) is 4.39 Å². The third kappa shape index (κ3) is 4.00. The predicted molar refractivity (Wildman–Crippen MR) is 95.2 cm³/mol. The summed E-state index contributed by atoms with van der Waals surface area (Å²) in [5, 5.41) is 6.39. The first-order chi connectivity index (χ1) is 11.6. The number of rotatable bonds is 5. The highest BCUT2D eigenvalue weighted by atomic mass is 35.5. The molecule has 6 heteroatoms. The average Bonchev–Trinajstić information content (AvgIpc) is 2.59. The molecule has 1 unspecified atom stereocenters. The van der Waals surface area contributed by atoms with Crippen LogP contribution in [0.15, 0.2) is 60.8 Å². The van der Waals surface area contributed by atoms with Crippen molar-refractivity contribution in [2.75, 3.05) is 10.6 Å². The number of anilines is 3. The first kappa shape index (κ1) is 16.2. The fraction of sp³-hybridized carbons (Fsp3) is 0.111. The molecule has 0 aliphatic rings. The van der Waals surface area contributed by atoms with Crippen LogP contribution < -0.4 is 10.6 Å². The lowest BCUT2D eigenvalue weighted by molar-refractivity contribution is 0.628.